The molecule has 0 spiro atoms. The Bertz CT molecular complexity index is 454. The summed E-state index contributed by atoms with van der Waals surface area (Å²) in [5, 5.41) is 6.65. The van der Waals surface area contributed by atoms with Crippen LogP contribution in [-0.4, -0.2) is 51.2 Å². The van der Waals surface area contributed by atoms with Gasteiger partial charge in [0.1, 0.15) is 0 Å². The smallest absolute Gasteiger partial charge is 0.161 e. The van der Waals surface area contributed by atoms with E-state index in [4.69, 9.17) is 14.2 Å². The molecule has 1 fully saturated rings. The van der Waals surface area contributed by atoms with E-state index in [-0.39, 0.29) is 0 Å². The third-order valence-corrected chi connectivity index (χ3v) is 3.08. The normalized spacial score (nSPS) is 16.4. The fraction of sp³-hybridized carbons (Fsp3) is 0.500. The fourth-order valence-electron chi connectivity index (χ4n) is 1.98. The summed E-state index contributed by atoms with van der Waals surface area (Å²) in [7, 11) is 3.27. The second-order valence-electron chi connectivity index (χ2n) is 4.32. The molecule has 0 bridgehead atoms. The van der Waals surface area contributed by atoms with Gasteiger partial charge < -0.3 is 14.2 Å². The van der Waals surface area contributed by atoms with E-state index in [9.17, 15) is 0 Å². The molecule has 5 nitrogen and oxygen atoms in total. The summed E-state index contributed by atoms with van der Waals surface area (Å²) < 4.78 is 15.8. The molecule has 1 aromatic carbocycles. The Kier molecular flexibility index (Phi) is 4.63. The second kappa shape index (κ2) is 6.43. The van der Waals surface area contributed by atoms with Crippen LogP contribution >= 0.6 is 0 Å². The van der Waals surface area contributed by atoms with E-state index < -0.39 is 0 Å². The molecule has 5 heteroatoms. The lowest BCUT2D eigenvalue weighted by Crippen LogP contribution is -2.33. The zero-order valence-electron chi connectivity index (χ0n) is 11.7. The maximum atomic E-state index is 5.31. The molecule has 0 atom stereocenters. The Labute approximate surface area is 113 Å². The highest BCUT2D eigenvalue weighted by Crippen LogP contribution is 2.27. The van der Waals surface area contributed by atoms with Gasteiger partial charge in [-0.3, -0.25) is 5.01 Å². The van der Waals surface area contributed by atoms with Gasteiger partial charge in [0, 0.05) is 5.56 Å². The van der Waals surface area contributed by atoms with Crippen molar-refractivity contribution in [1.29, 1.82) is 0 Å². The molecule has 0 saturated carbocycles. The van der Waals surface area contributed by atoms with Crippen LogP contribution in [-0.2, 0) is 4.74 Å². The van der Waals surface area contributed by atoms with Crippen LogP contribution in [0.4, 0.5) is 0 Å². The van der Waals surface area contributed by atoms with E-state index in [1.807, 2.05) is 30.1 Å². The van der Waals surface area contributed by atoms with Crippen molar-refractivity contribution in [1.82, 2.24) is 5.01 Å². The fourth-order valence-corrected chi connectivity index (χ4v) is 1.98. The minimum absolute atomic E-state index is 0.719. The van der Waals surface area contributed by atoms with Crippen LogP contribution in [0.3, 0.4) is 0 Å². The zero-order chi connectivity index (χ0) is 13.7. The van der Waals surface area contributed by atoms with Crippen molar-refractivity contribution in [3.05, 3.63) is 23.8 Å². The van der Waals surface area contributed by atoms with Crippen LogP contribution in [0.15, 0.2) is 23.3 Å². The van der Waals surface area contributed by atoms with Gasteiger partial charge in [0.25, 0.3) is 0 Å². The summed E-state index contributed by atoms with van der Waals surface area (Å²) in [5.74, 6) is 1.45. The molecular weight excluding hydrogens is 244 g/mol. The number of hydrazone groups is 1. The first kappa shape index (κ1) is 13.7. The van der Waals surface area contributed by atoms with Gasteiger partial charge in [-0.1, -0.05) is 0 Å². The maximum Gasteiger partial charge on any atom is 0.161 e. The van der Waals surface area contributed by atoms with Gasteiger partial charge in [-0.25, -0.2) is 0 Å². The van der Waals surface area contributed by atoms with E-state index in [2.05, 4.69) is 5.10 Å². The zero-order valence-corrected chi connectivity index (χ0v) is 11.7. The highest BCUT2D eigenvalue weighted by Gasteiger charge is 2.10. The number of ether oxygens (including phenoxy) is 3. The third kappa shape index (κ3) is 3.38. The molecule has 1 aliphatic heterocycles. The average molecular weight is 264 g/mol. The average Bonchev–Trinajstić information content (AvgIpc) is 2.47. The Morgan fingerprint density at radius 3 is 2.47 bits per heavy atom. The summed E-state index contributed by atoms with van der Waals surface area (Å²) >= 11 is 0. The minimum Gasteiger partial charge on any atom is -0.493 e. The molecule has 1 aliphatic rings. The SMILES string of the molecule is COc1ccc(/C(C)=N/N2CCOCC2)cc1OC. The maximum absolute atomic E-state index is 5.31. The number of methoxy groups -OCH3 is 2. The van der Waals surface area contributed by atoms with Gasteiger partial charge in [-0.15, -0.1) is 0 Å². The number of hydrogen-bond acceptors (Lipinski definition) is 5. The van der Waals surface area contributed by atoms with Crippen molar-refractivity contribution in [2.75, 3.05) is 40.5 Å². The van der Waals surface area contributed by atoms with Crippen LogP contribution in [0.25, 0.3) is 0 Å². The Balaban J connectivity index is 2.18. The monoisotopic (exact) mass is 264 g/mol. The van der Waals surface area contributed by atoms with E-state index >= 15 is 0 Å². The predicted octanol–water partition coefficient (Wildman–Crippen LogP) is 1.76. The molecule has 0 N–H and O–H groups in total. The molecular formula is C14H20N2O3. The van der Waals surface area contributed by atoms with Crippen molar-refractivity contribution in [3.8, 4) is 11.5 Å². The van der Waals surface area contributed by atoms with Gasteiger partial charge in [-0.2, -0.15) is 5.10 Å². The minimum atomic E-state index is 0.719. The molecule has 0 aromatic heterocycles. The van der Waals surface area contributed by atoms with Crippen LogP contribution in [0.2, 0.25) is 0 Å². The molecule has 2 rings (SSSR count). The van der Waals surface area contributed by atoms with Crippen LogP contribution in [0.1, 0.15) is 12.5 Å². The van der Waals surface area contributed by atoms with Crippen molar-refractivity contribution < 1.29 is 14.2 Å². The molecule has 0 aliphatic carbocycles. The van der Waals surface area contributed by atoms with Crippen LogP contribution < -0.4 is 9.47 Å². The topological polar surface area (TPSA) is 43.3 Å². The van der Waals surface area contributed by atoms with Gasteiger partial charge in [0.05, 0.1) is 46.2 Å². The molecule has 1 saturated heterocycles. The summed E-state index contributed by atoms with van der Waals surface area (Å²) in [4.78, 5) is 0. The third-order valence-electron chi connectivity index (χ3n) is 3.08. The van der Waals surface area contributed by atoms with E-state index in [0.29, 0.717) is 0 Å². The summed E-state index contributed by atoms with van der Waals surface area (Å²) in [5.41, 5.74) is 1.99. The largest absolute Gasteiger partial charge is 0.493 e. The quantitative estimate of drug-likeness (QED) is 0.777. The van der Waals surface area contributed by atoms with Crippen LogP contribution in [0, 0.1) is 0 Å². The van der Waals surface area contributed by atoms with Crippen molar-refractivity contribution >= 4 is 5.71 Å². The number of morpholine rings is 1. The molecule has 0 unspecified atom stereocenters. The highest BCUT2D eigenvalue weighted by atomic mass is 16.5. The number of benzene rings is 1. The van der Waals surface area contributed by atoms with E-state index in [1.54, 1.807) is 14.2 Å². The Morgan fingerprint density at radius 2 is 1.84 bits per heavy atom. The summed E-state index contributed by atoms with van der Waals surface area (Å²) in [6.07, 6.45) is 0. The molecule has 104 valence electrons. The van der Waals surface area contributed by atoms with Crippen molar-refractivity contribution in [2.24, 2.45) is 5.10 Å². The standard InChI is InChI=1S/C14H20N2O3/c1-11(15-16-6-8-19-9-7-16)12-4-5-13(17-2)14(10-12)18-3/h4-5,10H,6-9H2,1-3H3/b15-11+. The van der Waals surface area contributed by atoms with Crippen molar-refractivity contribution in [3.63, 3.8) is 0 Å². The first-order valence-electron chi connectivity index (χ1n) is 6.35. The number of hydrogen-bond donors (Lipinski definition) is 0. The Morgan fingerprint density at radius 1 is 1.16 bits per heavy atom. The van der Waals surface area contributed by atoms with Gasteiger partial charge >= 0.3 is 0 Å². The van der Waals surface area contributed by atoms with E-state index in [0.717, 1.165) is 49.1 Å². The molecule has 19 heavy (non-hydrogen) atoms. The van der Waals surface area contributed by atoms with E-state index in [1.165, 1.54) is 0 Å². The van der Waals surface area contributed by atoms with Gasteiger partial charge in [0.15, 0.2) is 11.5 Å². The molecule has 0 radical (unpaired) electrons. The molecule has 1 aromatic rings. The number of rotatable bonds is 4. The summed E-state index contributed by atoms with van der Waals surface area (Å²) in [6.45, 7) is 5.15. The molecule has 0 amide bonds. The van der Waals surface area contributed by atoms with Crippen LogP contribution in [0.5, 0.6) is 11.5 Å². The summed E-state index contributed by atoms with van der Waals surface area (Å²) in [6, 6.07) is 5.82. The first-order chi connectivity index (χ1) is 9.24. The lowest BCUT2D eigenvalue weighted by molar-refractivity contribution is 0.0393. The lowest BCUT2D eigenvalue weighted by Gasteiger charge is -2.24. The van der Waals surface area contributed by atoms with Gasteiger partial charge in [-0.05, 0) is 25.1 Å². The molecule has 1 heterocycles. The first-order valence-corrected chi connectivity index (χ1v) is 6.35. The van der Waals surface area contributed by atoms with Crippen molar-refractivity contribution in [2.45, 2.75) is 6.92 Å². The number of nitrogens with zero attached hydrogens (tertiary/aromatic N) is 2. The Hall–Kier alpha value is -1.75. The second-order valence-corrected chi connectivity index (χ2v) is 4.32. The van der Waals surface area contributed by atoms with Gasteiger partial charge in [0.2, 0.25) is 0 Å². The lowest BCUT2D eigenvalue weighted by atomic mass is 10.1. The predicted molar refractivity (Wildman–Crippen MR) is 74.1 cm³/mol. The highest BCUT2D eigenvalue weighted by molar-refractivity contribution is 5.99.